The third-order valence-corrected chi connectivity index (χ3v) is 3.00. The van der Waals surface area contributed by atoms with Crippen molar-refractivity contribution in [3.05, 3.63) is 46.5 Å². The fourth-order valence-electron chi connectivity index (χ4n) is 2.04. The summed E-state index contributed by atoms with van der Waals surface area (Å²) in [6.45, 7) is 1.88. The molecule has 0 radical (unpaired) electrons. The lowest BCUT2D eigenvalue weighted by atomic mass is 10.1. The summed E-state index contributed by atoms with van der Waals surface area (Å²) in [5.74, 6) is 2.17. The van der Waals surface area contributed by atoms with Gasteiger partial charge in [0.1, 0.15) is 19.0 Å². The summed E-state index contributed by atoms with van der Waals surface area (Å²) in [5, 5.41) is 3.11. The molecule has 3 rings (SSSR count). The van der Waals surface area contributed by atoms with E-state index in [1.807, 2.05) is 18.2 Å². The molecule has 0 saturated carbocycles. The van der Waals surface area contributed by atoms with E-state index in [-0.39, 0.29) is 5.56 Å². The number of H-pyrrole nitrogens is 1. The minimum absolute atomic E-state index is 0.165. The molecule has 2 heterocycles. The Hall–Kier alpha value is -2.50. The summed E-state index contributed by atoms with van der Waals surface area (Å²) < 4.78 is 11.0. The molecule has 1 aromatic carbocycles. The first-order chi connectivity index (χ1) is 9.81. The maximum atomic E-state index is 11.1. The van der Waals surface area contributed by atoms with Crippen LogP contribution in [0.3, 0.4) is 0 Å². The number of ether oxygens (including phenoxy) is 2. The van der Waals surface area contributed by atoms with Gasteiger partial charge in [0.25, 0.3) is 5.56 Å². The zero-order chi connectivity index (χ0) is 13.8. The summed E-state index contributed by atoms with van der Waals surface area (Å²) >= 11 is 0. The number of nitrogens with zero attached hydrogens (tertiary/aromatic N) is 1. The van der Waals surface area contributed by atoms with Gasteiger partial charge >= 0.3 is 0 Å². The normalized spacial score (nSPS) is 13.0. The average molecular weight is 273 g/mol. The molecule has 0 aliphatic carbocycles. The van der Waals surface area contributed by atoms with Crippen LogP contribution in [0.25, 0.3) is 0 Å². The zero-order valence-electron chi connectivity index (χ0n) is 10.9. The predicted octanol–water partition coefficient (Wildman–Crippen LogP) is 1.20. The van der Waals surface area contributed by atoms with Gasteiger partial charge in [-0.15, -0.1) is 0 Å². The Morgan fingerprint density at radius 2 is 2.05 bits per heavy atom. The van der Waals surface area contributed by atoms with Crippen molar-refractivity contribution in [2.45, 2.75) is 6.42 Å². The minimum Gasteiger partial charge on any atom is -0.486 e. The Bertz CT molecular complexity index is 654. The van der Waals surface area contributed by atoms with Crippen LogP contribution in [0.15, 0.2) is 35.4 Å². The van der Waals surface area contributed by atoms with Crippen molar-refractivity contribution >= 4 is 5.82 Å². The number of fused-ring (bicyclic) bond motifs is 1. The lowest BCUT2D eigenvalue weighted by Crippen LogP contribution is -2.15. The summed E-state index contributed by atoms with van der Waals surface area (Å²) in [4.78, 5) is 17.6. The molecule has 0 saturated heterocycles. The van der Waals surface area contributed by atoms with Crippen molar-refractivity contribution in [3.63, 3.8) is 0 Å². The summed E-state index contributed by atoms with van der Waals surface area (Å²) in [7, 11) is 0. The smallest absolute Gasteiger partial charge is 0.252 e. The third kappa shape index (κ3) is 2.90. The number of benzene rings is 1. The zero-order valence-corrected chi connectivity index (χ0v) is 10.9. The molecule has 0 bridgehead atoms. The van der Waals surface area contributed by atoms with Gasteiger partial charge in [0.15, 0.2) is 11.5 Å². The topological polar surface area (TPSA) is 76.2 Å². The highest BCUT2D eigenvalue weighted by Gasteiger charge is 2.11. The quantitative estimate of drug-likeness (QED) is 0.875. The number of rotatable bonds is 4. The molecule has 1 aliphatic heterocycles. The molecule has 20 heavy (non-hydrogen) atoms. The van der Waals surface area contributed by atoms with Crippen molar-refractivity contribution in [2.24, 2.45) is 0 Å². The number of hydrogen-bond acceptors (Lipinski definition) is 5. The van der Waals surface area contributed by atoms with Crippen molar-refractivity contribution in [1.29, 1.82) is 0 Å². The molecular weight excluding hydrogens is 258 g/mol. The first-order valence-corrected chi connectivity index (χ1v) is 6.48. The van der Waals surface area contributed by atoms with Crippen LogP contribution in [-0.4, -0.2) is 29.7 Å². The second-order valence-corrected chi connectivity index (χ2v) is 4.45. The molecule has 0 unspecified atom stereocenters. The fourth-order valence-corrected chi connectivity index (χ4v) is 2.04. The van der Waals surface area contributed by atoms with Gasteiger partial charge in [0, 0.05) is 12.6 Å². The molecule has 1 aliphatic rings. The second-order valence-electron chi connectivity index (χ2n) is 4.45. The van der Waals surface area contributed by atoms with E-state index < -0.39 is 0 Å². The number of aromatic nitrogens is 2. The van der Waals surface area contributed by atoms with Gasteiger partial charge < -0.3 is 19.8 Å². The molecule has 6 nitrogen and oxygen atoms in total. The van der Waals surface area contributed by atoms with Crippen LogP contribution in [0.1, 0.15) is 5.56 Å². The van der Waals surface area contributed by atoms with Gasteiger partial charge in [0.05, 0.1) is 6.33 Å². The number of nitrogens with one attached hydrogen (secondary N) is 2. The van der Waals surface area contributed by atoms with Gasteiger partial charge in [-0.25, -0.2) is 4.98 Å². The number of anilines is 1. The molecule has 6 heteroatoms. The Balaban J connectivity index is 1.60. The fraction of sp³-hybridized carbons (Fsp3) is 0.286. The van der Waals surface area contributed by atoms with E-state index in [9.17, 15) is 4.79 Å². The maximum absolute atomic E-state index is 11.1. The van der Waals surface area contributed by atoms with Crippen LogP contribution in [-0.2, 0) is 6.42 Å². The van der Waals surface area contributed by atoms with E-state index in [4.69, 9.17) is 9.47 Å². The van der Waals surface area contributed by atoms with Gasteiger partial charge in [0.2, 0.25) is 0 Å². The van der Waals surface area contributed by atoms with Crippen LogP contribution < -0.4 is 20.3 Å². The highest BCUT2D eigenvalue weighted by molar-refractivity contribution is 5.44. The standard InChI is InChI=1S/C14H15N3O3/c18-14-8-13(16-9-17-14)15-4-3-10-1-2-11-12(7-10)20-6-5-19-11/h1-2,7-9H,3-6H2,(H2,15,16,17,18). The largest absolute Gasteiger partial charge is 0.486 e. The van der Waals surface area contributed by atoms with Gasteiger partial charge in [-0.05, 0) is 24.1 Å². The highest BCUT2D eigenvalue weighted by atomic mass is 16.6. The minimum atomic E-state index is -0.165. The van der Waals surface area contributed by atoms with E-state index in [1.165, 1.54) is 12.4 Å². The molecule has 2 aromatic rings. The number of aromatic amines is 1. The molecule has 0 spiro atoms. The van der Waals surface area contributed by atoms with Gasteiger partial charge in [-0.1, -0.05) is 6.07 Å². The Morgan fingerprint density at radius 1 is 1.20 bits per heavy atom. The second kappa shape index (κ2) is 5.64. The van der Waals surface area contributed by atoms with Crippen LogP contribution >= 0.6 is 0 Å². The Labute approximate surface area is 115 Å². The van der Waals surface area contributed by atoms with Gasteiger partial charge in [-0.3, -0.25) is 4.79 Å². The van der Waals surface area contributed by atoms with Crippen LogP contribution in [0.5, 0.6) is 11.5 Å². The summed E-state index contributed by atoms with van der Waals surface area (Å²) in [6, 6.07) is 7.36. The third-order valence-electron chi connectivity index (χ3n) is 3.00. The summed E-state index contributed by atoms with van der Waals surface area (Å²) in [5.41, 5.74) is 0.980. The maximum Gasteiger partial charge on any atom is 0.252 e. The van der Waals surface area contributed by atoms with Crippen molar-refractivity contribution < 1.29 is 9.47 Å². The van der Waals surface area contributed by atoms with Crippen molar-refractivity contribution in [1.82, 2.24) is 9.97 Å². The monoisotopic (exact) mass is 273 g/mol. The Morgan fingerprint density at radius 3 is 2.90 bits per heavy atom. The molecule has 104 valence electrons. The first-order valence-electron chi connectivity index (χ1n) is 6.48. The average Bonchev–Trinajstić information content (AvgIpc) is 2.47. The van der Waals surface area contributed by atoms with Crippen LogP contribution in [0.4, 0.5) is 5.82 Å². The van der Waals surface area contributed by atoms with Gasteiger partial charge in [-0.2, -0.15) is 0 Å². The molecule has 2 N–H and O–H groups in total. The lowest BCUT2D eigenvalue weighted by molar-refractivity contribution is 0.171. The van der Waals surface area contributed by atoms with E-state index in [0.717, 1.165) is 23.5 Å². The van der Waals surface area contributed by atoms with Crippen molar-refractivity contribution in [2.75, 3.05) is 25.1 Å². The first kappa shape index (κ1) is 12.5. The SMILES string of the molecule is O=c1cc(NCCc2ccc3c(c2)OCCO3)nc[nH]1. The molecule has 0 amide bonds. The lowest BCUT2D eigenvalue weighted by Gasteiger charge is -2.18. The molecule has 0 atom stereocenters. The molecular formula is C14H15N3O3. The van der Waals surface area contributed by atoms with E-state index >= 15 is 0 Å². The van der Waals surface area contributed by atoms with E-state index in [0.29, 0.717) is 25.6 Å². The predicted molar refractivity (Wildman–Crippen MR) is 74.5 cm³/mol. The van der Waals surface area contributed by atoms with Crippen molar-refractivity contribution in [3.8, 4) is 11.5 Å². The Kier molecular flexibility index (Phi) is 3.54. The van der Waals surface area contributed by atoms with E-state index in [2.05, 4.69) is 15.3 Å². The van der Waals surface area contributed by atoms with E-state index in [1.54, 1.807) is 0 Å². The van der Waals surface area contributed by atoms with Crippen LogP contribution in [0, 0.1) is 0 Å². The number of hydrogen-bond donors (Lipinski definition) is 2. The highest BCUT2D eigenvalue weighted by Crippen LogP contribution is 2.30. The van der Waals surface area contributed by atoms with Crippen LogP contribution in [0.2, 0.25) is 0 Å². The summed E-state index contributed by atoms with van der Waals surface area (Å²) in [6.07, 6.45) is 2.19. The molecule has 1 aromatic heterocycles. The molecule has 0 fully saturated rings.